The minimum atomic E-state index is -3.86. The highest BCUT2D eigenvalue weighted by atomic mass is 32.2. The van der Waals surface area contributed by atoms with Gasteiger partial charge in [-0.15, -0.1) is 0 Å². The summed E-state index contributed by atoms with van der Waals surface area (Å²) in [4.78, 5) is 19.0. The van der Waals surface area contributed by atoms with Crippen molar-refractivity contribution in [2.45, 2.75) is 24.6 Å². The fourth-order valence-corrected chi connectivity index (χ4v) is 4.42. The third-order valence-electron chi connectivity index (χ3n) is 5.02. The maximum absolute atomic E-state index is 12.7. The molecule has 8 nitrogen and oxygen atoms in total. The summed E-state index contributed by atoms with van der Waals surface area (Å²) in [6.45, 7) is 1.71. The predicted molar refractivity (Wildman–Crippen MR) is 122 cm³/mol. The smallest absolute Gasteiger partial charge is 0.261 e. The van der Waals surface area contributed by atoms with E-state index in [4.69, 9.17) is 0 Å². The molecule has 4 rings (SSSR count). The van der Waals surface area contributed by atoms with Crippen molar-refractivity contribution in [3.8, 4) is 0 Å². The first kappa shape index (κ1) is 21.7. The number of hydrogen-bond acceptors (Lipinski definition) is 6. The Labute approximate surface area is 185 Å². The number of Topliss-reactive ketones (excluding diaryl/α,β-unsaturated/α-hetero) is 1. The number of anilines is 1. The molecule has 0 bridgehead atoms. The molecule has 0 fully saturated rings. The summed E-state index contributed by atoms with van der Waals surface area (Å²) < 4.78 is 27.9. The molecule has 4 N–H and O–H groups in total. The van der Waals surface area contributed by atoms with Gasteiger partial charge in [0.1, 0.15) is 6.23 Å². The first-order valence-electron chi connectivity index (χ1n) is 9.89. The fourth-order valence-electron chi connectivity index (χ4n) is 3.34. The molecule has 0 aliphatic carbocycles. The largest absolute Gasteiger partial charge is 0.373 e. The van der Waals surface area contributed by atoms with Gasteiger partial charge in [0.2, 0.25) is 0 Å². The number of H-pyrrole nitrogens is 1. The number of aliphatic hydroxyl groups excluding tert-OH is 1. The number of para-hydroxylation sites is 1. The van der Waals surface area contributed by atoms with Gasteiger partial charge in [-0.25, -0.2) is 8.42 Å². The molecule has 0 spiro atoms. The van der Waals surface area contributed by atoms with E-state index in [1.54, 1.807) is 48.8 Å². The number of pyridine rings is 1. The molecule has 2 aromatic heterocycles. The van der Waals surface area contributed by atoms with E-state index in [0.717, 1.165) is 16.5 Å². The van der Waals surface area contributed by atoms with Gasteiger partial charge in [-0.05, 0) is 48.9 Å². The number of carbonyl (C=O) groups is 1. The fraction of sp³-hybridized carbons (Fsp3) is 0.130. The summed E-state index contributed by atoms with van der Waals surface area (Å²) in [7, 11) is -3.86. The lowest BCUT2D eigenvalue weighted by molar-refractivity contribution is 0.101. The molecule has 1 atom stereocenters. The molecule has 0 saturated carbocycles. The highest BCUT2D eigenvalue weighted by Gasteiger charge is 2.17. The Morgan fingerprint density at radius 1 is 1.12 bits per heavy atom. The van der Waals surface area contributed by atoms with Crippen molar-refractivity contribution >= 4 is 32.4 Å². The normalized spacial score (nSPS) is 12.6. The van der Waals surface area contributed by atoms with Crippen LogP contribution >= 0.6 is 0 Å². The number of ketones is 1. The minimum Gasteiger partial charge on any atom is -0.373 e. The van der Waals surface area contributed by atoms with Crippen LogP contribution in [0.5, 0.6) is 0 Å². The van der Waals surface area contributed by atoms with Gasteiger partial charge in [0.05, 0.1) is 16.3 Å². The van der Waals surface area contributed by atoms with Crippen LogP contribution in [-0.4, -0.2) is 29.3 Å². The lowest BCUT2D eigenvalue weighted by atomic mass is 10.1. The van der Waals surface area contributed by atoms with E-state index in [2.05, 4.69) is 20.0 Å². The van der Waals surface area contributed by atoms with Crippen molar-refractivity contribution in [2.24, 2.45) is 0 Å². The van der Waals surface area contributed by atoms with Crippen molar-refractivity contribution in [1.82, 2.24) is 15.3 Å². The molecule has 4 aromatic rings. The molecule has 9 heteroatoms. The second kappa shape index (κ2) is 8.91. The maximum atomic E-state index is 12.7. The van der Waals surface area contributed by atoms with E-state index in [9.17, 15) is 18.3 Å². The zero-order chi connectivity index (χ0) is 22.7. The number of fused-ring (bicyclic) bond motifs is 1. The second-order valence-electron chi connectivity index (χ2n) is 7.32. The molecule has 0 aliphatic rings. The van der Waals surface area contributed by atoms with Crippen molar-refractivity contribution in [3.05, 3.63) is 89.9 Å². The number of aliphatic hydroxyl groups is 1. The monoisotopic (exact) mass is 450 g/mol. The summed E-state index contributed by atoms with van der Waals surface area (Å²) >= 11 is 0. The number of aromatic nitrogens is 2. The van der Waals surface area contributed by atoms with E-state index in [1.807, 2.05) is 12.1 Å². The van der Waals surface area contributed by atoms with Crippen molar-refractivity contribution < 1.29 is 18.3 Å². The summed E-state index contributed by atoms with van der Waals surface area (Å²) in [6, 6.07) is 16.4. The summed E-state index contributed by atoms with van der Waals surface area (Å²) in [6.07, 6.45) is 2.46. The number of aromatic amines is 1. The Morgan fingerprint density at radius 2 is 1.88 bits per heavy atom. The Balaban J connectivity index is 1.43. The average Bonchev–Trinajstić information content (AvgIpc) is 3.22. The number of nitrogens with zero attached hydrogens (tertiary/aromatic N) is 1. The Bertz CT molecular complexity index is 1330. The van der Waals surface area contributed by atoms with Crippen LogP contribution in [0.2, 0.25) is 0 Å². The van der Waals surface area contributed by atoms with Gasteiger partial charge in [-0.3, -0.25) is 19.8 Å². The van der Waals surface area contributed by atoms with Crippen LogP contribution < -0.4 is 10.0 Å². The van der Waals surface area contributed by atoms with Crippen LogP contribution in [0.15, 0.2) is 78.0 Å². The molecule has 2 aromatic carbocycles. The molecule has 1 unspecified atom stereocenters. The van der Waals surface area contributed by atoms with Gasteiger partial charge in [-0.2, -0.15) is 0 Å². The summed E-state index contributed by atoms with van der Waals surface area (Å²) in [5.74, 6) is -0.227. The van der Waals surface area contributed by atoms with Crippen LogP contribution in [-0.2, 0) is 16.6 Å². The number of nitrogens with one attached hydrogen (secondary N) is 3. The van der Waals surface area contributed by atoms with E-state index >= 15 is 0 Å². The van der Waals surface area contributed by atoms with Gasteiger partial charge in [0.15, 0.2) is 5.78 Å². The Morgan fingerprint density at radius 3 is 2.59 bits per heavy atom. The molecule has 0 amide bonds. The summed E-state index contributed by atoms with van der Waals surface area (Å²) in [5.41, 5.74) is 2.83. The zero-order valence-corrected chi connectivity index (χ0v) is 18.1. The van der Waals surface area contributed by atoms with Crippen molar-refractivity contribution in [1.29, 1.82) is 0 Å². The molecule has 164 valence electrons. The van der Waals surface area contributed by atoms with E-state index in [1.165, 1.54) is 19.1 Å². The van der Waals surface area contributed by atoms with Crippen LogP contribution in [0.4, 0.5) is 5.69 Å². The third kappa shape index (κ3) is 4.70. The Kier molecular flexibility index (Phi) is 6.04. The van der Waals surface area contributed by atoms with Crippen molar-refractivity contribution in [2.75, 3.05) is 4.72 Å². The number of benzene rings is 2. The van der Waals surface area contributed by atoms with Crippen molar-refractivity contribution in [3.63, 3.8) is 0 Å². The first-order chi connectivity index (χ1) is 15.3. The zero-order valence-electron chi connectivity index (χ0n) is 17.2. The topological polar surface area (TPSA) is 124 Å². The standard InChI is InChI=1S/C23H22N4O4S/c1-15(28)19-4-2-3-5-21(19)27-32(30,31)18-8-6-16(7-9-18)13-25-23(29)22-12-17-14-24-11-10-20(17)26-22/h2-12,14,23,25-27,29H,13H2,1H3. The Hall–Kier alpha value is -3.53. The SMILES string of the molecule is CC(=O)c1ccccc1NS(=O)(=O)c1ccc(CNC(O)c2cc3cnccc3[nH]2)cc1. The highest BCUT2D eigenvalue weighted by molar-refractivity contribution is 7.92. The second-order valence-corrected chi connectivity index (χ2v) is 9.00. The molecule has 2 heterocycles. The number of rotatable bonds is 8. The molecule has 0 aliphatic heterocycles. The van der Waals surface area contributed by atoms with E-state index < -0.39 is 16.3 Å². The number of carbonyl (C=O) groups excluding carboxylic acids is 1. The van der Waals surface area contributed by atoms with Crippen LogP contribution in [0, 0.1) is 0 Å². The molecular weight excluding hydrogens is 428 g/mol. The third-order valence-corrected chi connectivity index (χ3v) is 6.40. The van der Waals surface area contributed by atoms with Crippen LogP contribution in [0.3, 0.4) is 0 Å². The van der Waals surface area contributed by atoms with Gasteiger partial charge in [0.25, 0.3) is 10.0 Å². The quantitative estimate of drug-likeness (QED) is 0.241. The maximum Gasteiger partial charge on any atom is 0.261 e. The van der Waals surface area contributed by atoms with Gasteiger partial charge < -0.3 is 10.1 Å². The van der Waals surface area contributed by atoms with E-state index in [-0.39, 0.29) is 16.4 Å². The lowest BCUT2D eigenvalue weighted by Gasteiger charge is -2.13. The van der Waals surface area contributed by atoms with Crippen LogP contribution in [0.1, 0.15) is 34.8 Å². The average molecular weight is 451 g/mol. The molecule has 0 saturated heterocycles. The lowest BCUT2D eigenvalue weighted by Crippen LogP contribution is -2.20. The predicted octanol–water partition coefficient (Wildman–Crippen LogP) is 3.35. The molecule has 0 radical (unpaired) electrons. The van der Waals surface area contributed by atoms with E-state index in [0.29, 0.717) is 17.8 Å². The first-order valence-corrected chi connectivity index (χ1v) is 11.4. The summed E-state index contributed by atoms with van der Waals surface area (Å²) in [5, 5.41) is 14.3. The number of sulfonamides is 1. The molecule has 32 heavy (non-hydrogen) atoms. The minimum absolute atomic E-state index is 0.0725. The molecular formula is C23H22N4O4S. The van der Waals surface area contributed by atoms with Crippen LogP contribution in [0.25, 0.3) is 10.9 Å². The van der Waals surface area contributed by atoms with Gasteiger partial charge in [0, 0.05) is 35.4 Å². The number of hydrogen-bond donors (Lipinski definition) is 4. The van der Waals surface area contributed by atoms with Gasteiger partial charge in [-0.1, -0.05) is 24.3 Å². The highest BCUT2D eigenvalue weighted by Crippen LogP contribution is 2.21. The van der Waals surface area contributed by atoms with Gasteiger partial charge >= 0.3 is 0 Å².